The number of rotatable bonds is 3. The number of amides is 1. The second kappa shape index (κ2) is 5.67. The molecule has 1 amide bonds. The smallest absolute Gasteiger partial charge is 0.270 e. The van der Waals surface area contributed by atoms with Crippen molar-refractivity contribution >= 4 is 21.8 Å². The number of nitrogens with zero attached hydrogens (tertiary/aromatic N) is 3. The van der Waals surface area contributed by atoms with Crippen LogP contribution in [0.2, 0.25) is 0 Å². The maximum atomic E-state index is 12.6. The van der Waals surface area contributed by atoms with Crippen LogP contribution in [0.4, 0.5) is 0 Å². The lowest BCUT2D eigenvalue weighted by Gasteiger charge is -2.22. The monoisotopic (exact) mass is 327 g/mol. The van der Waals surface area contributed by atoms with E-state index in [2.05, 4.69) is 48.8 Å². The van der Waals surface area contributed by atoms with E-state index in [0.29, 0.717) is 12.0 Å². The first-order valence-electron chi connectivity index (χ1n) is 6.75. The number of aromatic nitrogens is 1. The van der Waals surface area contributed by atoms with E-state index in [0.717, 1.165) is 29.8 Å². The lowest BCUT2D eigenvalue weighted by Crippen LogP contribution is -2.36. The number of carbonyl (C=O) groups is 1. The summed E-state index contributed by atoms with van der Waals surface area (Å²) in [5, 5.41) is 0. The first-order valence-corrected chi connectivity index (χ1v) is 7.54. The number of halogens is 1. The lowest BCUT2D eigenvalue weighted by atomic mass is 10.1. The summed E-state index contributed by atoms with van der Waals surface area (Å²) in [6, 6.07) is 2.37. The summed E-state index contributed by atoms with van der Waals surface area (Å²) in [5.74, 6) is 0.663. The minimum absolute atomic E-state index is 0.142. The molecule has 1 aliphatic heterocycles. The van der Waals surface area contributed by atoms with Gasteiger partial charge in [0.25, 0.3) is 5.91 Å². The van der Waals surface area contributed by atoms with Crippen molar-refractivity contribution in [2.45, 2.75) is 26.4 Å². The van der Waals surface area contributed by atoms with Crippen LogP contribution < -0.4 is 0 Å². The van der Waals surface area contributed by atoms with Crippen molar-refractivity contribution in [3.05, 3.63) is 22.4 Å². The largest absolute Gasteiger partial charge is 0.343 e. The van der Waals surface area contributed by atoms with E-state index >= 15 is 0 Å². The molecule has 0 spiro atoms. The Labute approximate surface area is 123 Å². The van der Waals surface area contributed by atoms with Gasteiger partial charge >= 0.3 is 0 Å². The number of hydrogen-bond acceptors (Lipinski definition) is 2. The summed E-state index contributed by atoms with van der Waals surface area (Å²) in [5.41, 5.74) is 0.779. The van der Waals surface area contributed by atoms with Crippen molar-refractivity contribution in [1.82, 2.24) is 14.4 Å². The molecule has 0 aliphatic carbocycles. The van der Waals surface area contributed by atoms with Gasteiger partial charge in [-0.1, -0.05) is 6.92 Å². The molecular weight excluding hydrogens is 306 g/mol. The van der Waals surface area contributed by atoms with Gasteiger partial charge in [0.1, 0.15) is 5.69 Å². The van der Waals surface area contributed by atoms with Gasteiger partial charge in [-0.3, -0.25) is 4.79 Å². The second-order valence-corrected chi connectivity index (χ2v) is 6.46. The standard InChI is InChI=1S/C14H22BrN3O/c1-5-17-8-11(15)6-12(17)14(19)18-7-10(2)13(9-18)16(3)4/h6,8,10,13H,5,7,9H2,1-4H3/t10-,13-/m1/s1. The lowest BCUT2D eigenvalue weighted by molar-refractivity contribution is 0.0771. The third kappa shape index (κ3) is 2.87. The van der Waals surface area contributed by atoms with E-state index in [9.17, 15) is 4.79 Å². The van der Waals surface area contributed by atoms with E-state index in [1.807, 2.05) is 21.7 Å². The first-order chi connectivity index (χ1) is 8.93. The van der Waals surface area contributed by atoms with E-state index in [1.165, 1.54) is 0 Å². The van der Waals surface area contributed by atoms with Gasteiger partial charge < -0.3 is 14.4 Å². The van der Waals surface area contributed by atoms with Gasteiger partial charge in [0, 0.05) is 36.3 Å². The molecule has 0 N–H and O–H groups in total. The van der Waals surface area contributed by atoms with Crippen LogP contribution in [0.15, 0.2) is 16.7 Å². The van der Waals surface area contributed by atoms with Crippen LogP contribution >= 0.6 is 15.9 Å². The highest BCUT2D eigenvalue weighted by Gasteiger charge is 2.34. The molecule has 1 aromatic rings. The van der Waals surface area contributed by atoms with Crippen LogP contribution in [0.5, 0.6) is 0 Å². The Kier molecular flexibility index (Phi) is 4.36. The molecule has 2 rings (SSSR count). The predicted molar refractivity (Wildman–Crippen MR) is 80.3 cm³/mol. The number of likely N-dealkylation sites (N-methyl/N-ethyl adjacent to an activating group) is 1. The van der Waals surface area contributed by atoms with Gasteiger partial charge in [-0.15, -0.1) is 0 Å². The second-order valence-electron chi connectivity index (χ2n) is 5.55. The van der Waals surface area contributed by atoms with E-state index in [4.69, 9.17) is 0 Å². The molecule has 1 aliphatic rings. The molecule has 2 atom stereocenters. The molecule has 1 aromatic heterocycles. The molecule has 1 fully saturated rings. The van der Waals surface area contributed by atoms with Gasteiger partial charge in [-0.2, -0.15) is 0 Å². The first kappa shape index (κ1) is 14.6. The van der Waals surface area contributed by atoms with Crippen molar-refractivity contribution in [1.29, 1.82) is 0 Å². The summed E-state index contributed by atoms with van der Waals surface area (Å²) >= 11 is 3.45. The Bertz CT molecular complexity index is 469. The highest BCUT2D eigenvalue weighted by Crippen LogP contribution is 2.23. The zero-order valence-corrected chi connectivity index (χ0v) is 13.6. The Morgan fingerprint density at radius 2 is 2.16 bits per heavy atom. The van der Waals surface area contributed by atoms with Gasteiger partial charge in [0.05, 0.1) is 0 Å². The van der Waals surface area contributed by atoms with Crippen LogP contribution in [0.25, 0.3) is 0 Å². The zero-order valence-electron chi connectivity index (χ0n) is 12.1. The average molecular weight is 328 g/mol. The molecule has 5 heteroatoms. The third-order valence-electron chi connectivity index (χ3n) is 3.95. The van der Waals surface area contributed by atoms with E-state index < -0.39 is 0 Å². The maximum absolute atomic E-state index is 12.6. The van der Waals surface area contributed by atoms with E-state index in [-0.39, 0.29) is 5.91 Å². The summed E-state index contributed by atoms with van der Waals surface area (Å²) in [7, 11) is 4.17. The van der Waals surface area contributed by atoms with Gasteiger partial charge in [-0.25, -0.2) is 0 Å². The molecular formula is C14H22BrN3O. The molecule has 0 unspecified atom stereocenters. The minimum Gasteiger partial charge on any atom is -0.343 e. The quantitative estimate of drug-likeness (QED) is 0.852. The topological polar surface area (TPSA) is 28.5 Å². The van der Waals surface area contributed by atoms with Crippen LogP contribution in [-0.4, -0.2) is 53.5 Å². The molecule has 0 aromatic carbocycles. The average Bonchev–Trinajstić information content (AvgIpc) is 2.91. The fourth-order valence-electron chi connectivity index (χ4n) is 2.87. The summed E-state index contributed by atoms with van der Waals surface area (Å²) in [4.78, 5) is 16.8. The fourth-order valence-corrected chi connectivity index (χ4v) is 3.33. The van der Waals surface area contributed by atoms with Crippen LogP contribution in [0.1, 0.15) is 24.3 Å². The molecule has 0 saturated carbocycles. The SMILES string of the molecule is CCn1cc(Br)cc1C(=O)N1C[C@@H](C)[C@H](N(C)C)C1. The Morgan fingerprint density at radius 3 is 2.68 bits per heavy atom. The zero-order chi connectivity index (χ0) is 14.2. The summed E-state index contributed by atoms with van der Waals surface area (Å²) in [6.45, 7) is 6.74. The maximum Gasteiger partial charge on any atom is 0.270 e. The van der Waals surface area contributed by atoms with Crippen LogP contribution in [-0.2, 0) is 6.54 Å². The number of carbonyl (C=O) groups excluding carboxylic acids is 1. The Morgan fingerprint density at radius 1 is 1.47 bits per heavy atom. The summed E-state index contributed by atoms with van der Waals surface area (Å²) < 4.78 is 2.97. The van der Waals surface area contributed by atoms with Crippen molar-refractivity contribution in [3.63, 3.8) is 0 Å². The number of hydrogen-bond donors (Lipinski definition) is 0. The van der Waals surface area contributed by atoms with Crippen molar-refractivity contribution in [3.8, 4) is 0 Å². The Balaban J connectivity index is 2.17. The normalized spacial score (nSPS) is 23.4. The van der Waals surface area contributed by atoms with Crippen molar-refractivity contribution < 1.29 is 4.79 Å². The Hall–Kier alpha value is -0.810. The van der Waals surface area contributed by atoms with Crippen molar-refractivity contribution in [2.24, 2.45) is 5.92 Å². The fraction of sp³-hybridized carbons (Fsp3) is 0.643. The van der Waals surface area contributed by atoms with Gasteiger partial charge in [0.15, 0.2) is 0 Å². The van der Waals surface area contributed by atoms with Crippen molar-refractivity contribution in [2.75, 3.05) is 27.2 Å². The highest BCUT2D eigenvalue weighted by molar-refractivity contribution is 9.10. The van der Waals surface area contributed by atoms with Crippen LogP contribution in [0, 0.1) is 5.92 Å². The predicted octanol–water partition coefficient (Wildman–Crippen LogP) is 2.29. The molecule has 0 radical (unpaired) electrons. The molecule has 1 saturated heterocycles. The number of aryl methyl sites for hydroxylation is 1. The molecule has 19 heavy (non-hydrogen) atoms. The summed E-state index contributed by atoms with van der Waals surface area (Å²) in [6.07, 6.45) is 1.97. The van der Waals surface area contributed by atoms with Gasteiger partial charge in [0.2, 0.25) is 0 Å². The number of likely N-dealkylation sites (tertiary alicyclic amines) is 1. The molecule has 0 bridgehead atoms. The molecule has 4 nitrogen and oxygen atoms in total. The highest BCUT2D eigenvalue weighted by atomic mass is 79.9. The van der Waals surface area contributed by atoms with Crippen LogP contribution in [0.3, 0.4) is 0 Å². The molecule has 106 valence electrons. The van der Waals surface area contributed by atoms with E-state index in [1.54, 1.807) is 0 Å². The minimum atomic E-state index is 0.142. The molecule has 2 heterocycles. The van der Waals surface area contributed by atoms with Gasteiger partial charge in [-0.05, 0) is 48.9 Å². The third-order valence-corrected chi connectivity index (χ3v) is 4.38.